The maximum atomic E-state index is 14.4. The van der Waals surface area contributed by atoms with Crippen LogP contribution in [-0.4, -0.2) is 0 Å². The van der Waals surface area contributed by atoms with E-state index >= 15 is 0 Å². The van der Waals surface area contributed by atoms with Gasteiger partial charge in [-0.25, -0.2) is 4.39 Å². The Balaban J connectivity index is 1.75. The lowest BCUT2D eigenvalue weighted by atomic mass is 9.77. The summed E-state index contributed by atoms with van der Waals surface area (Å²) < 4.78 is 14.4. The predicted octanol–water partition coefficient (Wildman–Crippen LogP) is 11.5. The maximum Gasteiger partial charge on any atom is 0.123 e. The molecule has 0 saturated heterocycles. The Labute approximate surface area is 258 Å². The average Bonchev–Trinajstić information content (AvgIpc) is 3.08. The third-order valence-corrected chi connectivity index (χ3v) is 9.02. The van der Waals surface area contributed by atoms with Crippen LogP contribution < -0.4 is 5.30 Å². The van der Waals surface area contributed by atoms with Crippen molar-refractivity contribution in [3.63, 3.8) is 0 Å². The minimum Gasteiger partial charge on any atom is -0.207 e. The molecule has 1 unspecified atom stereocenters. The number of benzene rings is 8. The highest BCUT2D eigenvalue weighted by Crippen LogP contribution is 2.53. The fourth-order valence-electron chi connectivity index (χ4n) is 6.80. The van der Waals surface area contributed by atoms with Crippen molar-refractivity contribution in [2.45, 2.75) is 0 Å². The quantitative estimate of drug-likeness (QED) is 0.143. The molecule has 0 aliphatic heterocycles. The first-order valence-corrected chi connectivity index (χ1v) is 15.4. The van der Waals surface area contributed by atoms with E-state index in [1.807, 2.05) is 12.1 Å². The molecule has 0 amide bonds. The van der Waals surface area contributed by atoms with E-state index in [0.29, 0.717) is 0 Å². The molecule has 0 aliphatic rings. The van der Waals surface area contributed by atoms with Crippen LogP contribution in [-0.2, 0) is 0 Å². The number of fused-ring (bicyclic) bond motifs is 3. The van der Waals surface area contributed by atoms with Crippen molar-refractivity contribution in [3.8, 4) is 44.5 Å². The van der Waals surface area contributed by atoms with Crippen molar-refractivity contribution in [1.29, 1.82) is 0 Å². The van der Waals surface area contributed by atoms with Gasteiger partial charge in [0, 0.05) is 0 Å². The van der Waals surface area contributed by atoms with E-state index in [1.54, 1.807) is 12.1 Å². The molecule has 8 aromatic rings. The number of halogens is 1. The standard InChI is InChI=1S/C42H28FP/c43-31-23-19-29(20-24-31)39-35-17-9-10-18-36(35)40(30-21-25-32(44)26-22-30)42-38(28-13-5-2-6-14-28)34-16-8-7-15-33(34)37(41(39)42)27-11-3-1-4-12-27/h1-26H,44H2. The summed E-state index contributed by atoms with van der Waals surface area (Å²) in [5.41, 5.74) is 9.17. The van der Waals surface area contributed by atoms with Crippen LogP contribution >= 0.6 is 9.24 Å². The van der Waals surface area contributed by atoms with E-state index in [9.17, 15) is 4.39 Å². The molecular formula is C42H28FP. The van der Waals surface area contributed by atoms with Crippen LogP contribution in [0.3, 0.4) is 0 Å². The van der Waals surface area contributed by atoms with Gasteiger partial charge in [-0.1, -0.05) is 146 Å². The lowest BCUT2D eigenvalue weighted by molar-refractivity contribution is 0.628. The Bertz CT molecular complexity index is 2140. The molecule has 0 radical (unpaired) electrons. The Morgan fingerprint density at radius 2 is 0.614 bits per heavy atom. The van der Waals surface area contributed by atoms with Gasteiger partial charge in [0.25, 0.3) is 0 Å². The molecule has 208 valence electrons. The third kappa shape index (κ3) is 4.32. The number of hydrogen-bond donors (Lipinski definition) is 0. The van der Waals surface area contributed by atoms with Gasteiger partial charge < -0.3 is 0 Å². The topological polar surface area (TPSA) is 0 Å². The molecule has 0 fully saturated rings. The van der Waals surface area contributed by atoms with Gasteiger partial charge in [-0.3, -0.25) is 0 Å². The van der Waals surface area contributed by atoms with E-state index in [4.69, 9.17) is 0 Å². The predicted molar refractivity (Wildman–Crippen MR) is 190 cm³/mol. The molecule has 2 heteroatoms. The van der Waals surface area contributed by atoms with Gasteiger partial charge in [-0.05, 0) is 94.3 Å². The first kappa shape index (κ1) is 26.5. The van der Waals surface area contributed by atoms with Crippen LogP contribution in [0.25, 0.3) is 76.8 Å². The molecule has 0 heterocycles. The molecular weight excluding hydrogens is 554 g/mol. The summed E-state index contributed by atoms with van der Waals surface area (Å²) >= 11 is 0. The van der Waals surface area contributed by atoms with Crippen molar-refractivity contribution in [1.82, 2.24) is 0 Å². The van der Waals surface area contributed by atoms with Gasteiger partial charge in [0.15, 0.2) is 0 Å². The molecule has 8 aromatic carbocycles. The van der Waals surface area contributed by atoms with Crippen LogP contribution in [0.1, 0.15) is 0 Å². The van der Waals surface area contributed by atoms with Gasteiger partial charge in [-0.15, -0.1) is 9.24 Å². The molecule has 0 nitrogen and oxygen atoms in total. The molecule has 0 aliphatic carbocycles. The summed E-state index contributed by atoms with van der Waals surface area (Å²) in [4.78, 5) is 0. The molecule has 44 heavy (non-hydrogen) atoms. The first-order valence-electron chi connectivity index (χ1n) is 14.8. The third-order valence-electron chi connectivity index (χ3n) is 8.64. The second-order valence-electron chi connectivity index (χ2n) is 11.2. The molecule has 0 spiro atoms. The fraction of sp³-hybridized carbons (Fsp3) is 0. The van der Waals surface area contributed by atoms with Crippen LogP contribution in [0.4, 0.5) is 4.39 Å². The summed E-state index contributed by atoms with van der Waals surface area (Å²) in [6.45, 7) is 0. The van der Waals surface area contributed by atoms with Crippen LogP contribution in [0.5, 0.6) is 0 Å². The van der Waals surface area contributed by atoms with Gasteiger partial charge >= 0.3 is 0 Å². The van der Waals surface area contributed by atoms with E-state index in [2.05, 4.69) is 143 Å². The Hall–Kier alpha value is -5.10. The zero-order valence-electron chi connectivity index (χ0n) is 24.0. The molecule has 0 bridgehead atoms. The second-order valence-corrected chi connectivity index (χ2v) is 11.9. The zero-order valence-corrected chi connectivity index (χ0v) is 25.1. The average molecular weight is 583 g/mol. The van der Waals surface area contributed by atoms with E-state index < -0.39 is 0 Å². The van der Waals surface area contributed by atoms with E-state index in [-0.39, 0.29) is 5.82 Å². The zero-order chi connectivity index (χ0) is 29.6. The van der Waals surface area contributed by atoms with Crippen LogP contribution in [0.15, 0.2) is 158 Å². The van der Waals surface area contributed by atoms with Gasteiger partial charge in [0.2, 0.25) is 0 Å². The Morgan fingerprint density at radius 3 is 0.977 bits per heavy atom. The smallest absolute Gasteiger partial charge is 0.123 e. The van der Waals surface area contributed by atoms with Gasteiger partial charge in [0.05, 0.1) is 0 Å². The van der Waals surface area contributed by atoms with Crippen LogP contribution in [0, 0.1) is 5.82 Å². The Morgan fingerprint density at radius 1 is 0.318 bits per heavy atom. The largest absolute Gasteiger partial charge is 0.207 e. The fourth-order valence-corrected chi connectivity index (χ4v) is 6.99. The SMILES string of the molecule is Fc1ccc(-c2c3ccccc3c(-c3ccc(P)cc3)c3c(-c4ccccc4)c4ccccc4c(-c4ccccc4)c23)cc1. The van der Waals surface area contributed by atoms with Gasteiger partial charge in [-0.2, -0.15) is 0 Å². The normalized spacial score (nSPS) is 11.4. The summed E-state index contributed by atoms with van der Waals surface area (Å²) in [7, 11) is 2.81. The highest BCUT2D eigenvalue weighted by Gasteiger charge is 2.25. The van der Waals surface area contributed by atoms with Crippen molar-refractivity contribution < 1.29 is 4.39 Å². The lowest BCUT2D eigenvalue weighted by Gasteiger charge is -2.25. The maximum absolute atomic E-state index is 14.4. The minimum absolute atomic E-state index is 0.241. The number of rotatable bonds is 4. The summed E-state index contributed by atoms with van der Waals surface area (Å²) in [6.07, 6.45) is 0. The molecule has 0 N–H and O–H groups in total. The van der Waals surface area contributed by atoms with Crippen molar-refractivity contribution in [3.05, 3.63) is 164 Å². The summed E-state index contributed by atoms with van der Waals surface area (Å²) in [6, 6.07) is 54.7. The monoisotopic (exact) mass is 582 g/mol. The Kier molecular flexibility index (Phi) is 6.55. The molecule has 0 aromatic heterocycles. The molecule has 8 rings (SSSR count). The van der Waals surface area contributed by atoms with Crippen molar-refractivity contribution >= 4 is 46.9 Å². The minimum atomic E-state index is -0.241. The molecule has 1 atom stereocenters. The number of hydrogen-bond acceptors (Lipinski definition) is 0. The molecule has 0 saturated carbocycles. The highest BCUT2D eigenvalue weighted by atomic mass is 31.0. The van der Waals surface area contributed by atoms with E-state index in [0.717, 1.165) is 38.5 Å². The second kappa shape index (κ2) is 10.9. The summed E-state index contributed by atoms with van der Waals surface area (Å²) in [5, 5.41) is 8.21. The summed E-state index contributed by atoms with van der Waals surface area (Å²) in [5.74, 6) is -0.241. The van der Waals surface area contributed by atoms with Crippen molar-refractivity contribution in [2.75, 3.05) is 0 Å². The lowest BCUT2D eigenvalue weighted by Crippen LogP contribution is -1.98. The highest BCUT2D eigenvalue weighted by molar-refractivity contribution is 7.27. The van der Waals surface area contributed by atoms with E-state index in [1.165, 1.54) is 43.6 Å². The van der Waals surface area contributed by atoms with Crippen LogP contribution in [0.2, 0.25) is 0 Å². The van der Waals surface area contributed by atoms with Crippen molar-refractivity contribution in [2.24, 2.45) is 0 Å². The first-order chi connectivity index (χ1) is 21.7. The van der Waals surface area contributed by atoms with Gasteiger partial charge in [0.1, 0.15) is 5.82 Å².